The van der Waals surface area contributed by atoms with E-state index < -0.39 is 17.4 Å². The molecule has 188 valence electrons. The summed E-state index contributed by atoms with van der Waals surface area (Å²) in [5.74, 6) is 1.41. The van der Waals surface area contributed by atoms with E-state index >= 15 is 0 Å². The fraction of sp³-hybridized carbons (Fsp3) is 0.407. The van der Waals surface area contributed by atoms with E-state index in [2.05, 4.69) is 5.32 Å². The molecule has 2 aromatic rings. The normalized spacial score (nSPS) is 26.9. The standard InChI is InChI=1S/C27H28N2O7/c1-32-18-5-3-16(11-21(18)33-2)8-10-28-25(30)23-20-7-9-27(36-20)14-29(26(31)24(23)27)13-17-4-6-19-22(12-17)35-15-34-19/h3-7,9,11-12,20,23-24H,8,10,13-15H2,1-2H3,(H,28,30)/t20-,23-,24-,27+/m1/s1. The van der Waals surface area contributed by atoms with Crippen LogP contribution >= 0.6 is 0 Å². The van der Waals surface area contributed by atoms with Gasteiger partial charge in [0.1, 0.15) is 5.60 Å². The number of likely N-dealkylation sites (tertiary alicyclic amines) is 1. The molecule has 9 heteroatoms. The van der Waals surface area contributed by atoms with Crippen LogP contribution in [0, 0.1) is 11.8 Å². The second-order valence-corrected chi connectivity index (χ2v) is 9.51. The quantitative estimate of drug-likeness (QED) is 0.564. The second kappa shape index (κ2) is 8.74. The maximum absolute atomic E-state index is 13.5. The minimum Gasteiger partial charge on any atom is -0.493 e. The van der Waals surface area contributed by atoms with Gasteiger partial charge in [0.2, 0.25) is 18.6 Å². The number of carbonyl (C=O) groups excluding carboxylic acids is 2. The van der Waals surface area contributed by atoms with E-state index in [0.29, 0.717) is 49.1 Å². The van der Waals surface area contributed by atoms with Crippen LogP contribution in [0.3, 0.4) is 0 Å². The molecule has 4 atom stereocenters. The Balaban J connectivity index is 1.12. The van der Waals surface area contributed by atoms with Gasteiger partial charge >= 0.3 is 0 Å². The van der Waals surface area contributed by atoms with Crippen LogP contribution in [0.2, 0.25) is 0 Å². The largest absolute Gasteiger partial charge is 0.493 e. The molecule has 0 saturated carbocycles. The molecule has 1 spiro atoms. The zero-order valence-electron chi connectivity index (χ0n) is 20.2. The van der Waals surface area contributed by atoms with Gasteiger partial charge < -0.3 is 33.9 Å². The number of amides is 2. The van der Waals surface area contributed by atoms with Gasteiger partial charge in [-0.15, -0.1) is 0 Å². The highest BCUT2D eigenvalue weighted by Crippen LogP contribution is 2.52. The third-order valence-electron chi connectivity index (χ3n) is 7.45. The van der Waals surface area contributed by atoms with Crippen molar-refractivity contribution in [2.75, 3.05) is 34.1 Å². The van der Waals surface area contributed by atoms with Crippen molar-refractivity contribution in [2.45, 2.75) is 24.7 Å². The van der Waals surface area contributed by atoms with Gasteiger partial charge in [-0.25, -0.2) is 0 Å². The zero-order valence-corrected chi connectivity index (χ0v) is 20.2. The molecule has 2 saturated heterocycles. The van der Waals surface area contributed by atoms with Crippen molar-refractivity contribution in [3.63, 3.8) is 0 Å². The molecule has 0 radical (unpaired) electrons. The Labute approximate surface area is 208 Å². The summed E-state index contributed by atoms with van der Waals surface area (Å²) in [5, 5.41) is 3.02. The lowest BCUT2D eigenvalue weighted by molar-refractivity contribution is -0.137. The van der Waals surface area contributed by atoms with E-state index in [-0.39, 0.29) is 24.7 Å². The molecule has 4 heterocycles. The SMILES string of the molecule is COc1ccc(CCNC(=O)[C@@H]2[C@H]3C=C[C@@]4(CN(Cc5ccc6c(c5)OCO6)C(=O)[C@@H]24)O3)cc1OC. The van der Waals surface area contributed by atoms with E-state index in [9.17, 15) is 9.59 Å². The van der Waals surface area contributed by atoms with Gasteiger partial charge in [0, 0.05) is 13.1 Å². The third-order valence-corrected chi connectivity index (χ3v) is 7.45. The van der Waals surface area contributed by atoms with Gasteiger partial charge in [0.05, 0.1) is 38.7 Å². The lowest BCUT2D eigenvalue weighted by Crippen LogP contribution is -2.44. The first-order chi connectivity index (χ1) is 17.5. The van der Waals surface area contributed by atoms with Crippen molar-refractivity contribution in [3.8, 4) is 23.0 Å². The fourth-order valence-corrected chi connectivity index (χ4v) is 5.76. The molecule has 2 bridgehead atoms. The van der Waals surface area contributed by atoms with Crippen LogP contribution in [-0.2, 0) is 27.3 Å². The lowest BCUT2D eigenvalue weighted by atomic mass is 9.77. The first-order valence-electron chi connectivity index (χ1n) is 12.0. The van der Waals surface area contributed by atoms with Crippen LogP contribution < -0.4 is 24.3 Å². The maximum Gasteiger partial charge on any atom is 0.231 e. The zero-order chi connectivity index (χ0) is 24.9. The summed E-state index contributed by atoms with van der Waals surface area (Å²) in [6, 6.07) is 11.4. The fourth-order valence-electron chi connectivity index (χ4n) is 5.76. The van der Waals surface area contributed by atoms with Crippen LogP contribution in [0.25, 0.3) is 0 Å². The van der Waals surface area contributed by atoms with Gasteiger partial charge in [-0.05, 0) is 41.8 Å². The van der Waals surface area contributed by atoms with Gasteiger partial charge in [-0.2, -0.15) is 0 Å². The van der Waals surface area contributed by atoms with Crippen LogP contribution in [0.4, 0.5) is 0 Å². The highest BCUT2D eigenvalue weighted by atomic mass is 16.7. The number of hydrogen-bond acceptors (Lipinski definition) is 7. The summed E-state index contributed by atoms with van der Waals surface area (Å²) in [4.78, 5) is 28.5. The van der Waals surface area contributed by atoms with E-state index in [1.807, 2.05) is 48.6 Å². The molecule has 9 nitrogen and oxygen atoms in total. The molecule has 4 aliphatic heterocycles. The Kier molecular flexibility index (Phi) is 5.52. The van der Waals surface area contributed by atoms with E-state index in [1.54, 1.807) is 19.1 Å². The van der Waals surface area contributed by atoms with Crippen molar-refractivity contribution in [1.82, 2.24) is 10.2 Å². The number of benzene rings is 2. The predicted octanol–water partition coefficient (Wildman–Crippen LogP) is 2.07. The second-order valence-electron chi connectivity index (χ2n) is 9.51. The molecule has 0 unspecified atom stereocenters. The number of fused-ring (bicyclic) bond motifs is 2. The summed E-state index contributed by atoms with van der Waals surface area (Å²) in [7, 11) is 3.19. The van der Waals surface area contributed by atoms with Crippen molar-refractivity contribution >= 4 is 11.8 Å². The molecule has 0 aliphatic carbocycles. The summed E-state index contributed by atoms with van der Waals surface area (Å²) in [6.45, 7) is 1.49. The van der Waals surface area contributed by atoms with Crippen LogP contribution in [0.15, 0.2) is 48.6 Å². The molecule has 2 fully saturated rings. The molecule has 6 rings (SSSR count). The van der Waals surface area contributed by atoms with Crippen molar-refractivity contribution in [1.29, 1.82) is 0 Å². The maximum atomic E-state index is 13.5. The van der Waals surface area contributed by atoms with Crippen molar-refractivity contribution in [3.05, 3.63) is 59.7 Å². The number of ether oxygens (including phenoxy) is 5. The lowest BCUT2D eigenvalue weighted by Gasteiger charge is -2.23. The first kappa shape index (κ1) is 22.7. The van der Waals surface area contributed by atoms with E-state index in [1.165, 1.54) is 0 Å². The summed E-state index contributed by atoms with van der Waals surface area (Å²) < 4.78 is 27.7. The highest BCUT2D eigenvalue weighted by molar-refractivity contribution is 5.93. The average molecular weight is 493 g/mol. The van der Waals surface area contributed by atoms with Gasteiger partial charge in [-0.1, -0.05) is 24.3 Å². The molecule has 1 N–H and O–H groups in total. The summed E-state index contributed by atoms with van der Waals surface area (Å²) in [5.41, 5.74) is 1.21. The average Bonchev–Trinajstić information content (AvgIpc) is 3.65. The Bertz CT molecular complexity index is 1240. The molecule has 36 heavy (non-hydrogen) atoms. The number of carbonyl (C=O) groups is 2. The molecule has 4 aliphatic rings. The Morgan fingerprint density at radius 1 is 1.08 bits per heavy atom. The van der Waals surface area contributed by atoms with Gasteiger partial charge in [0.15, 0.2) is 23.0 Å². The van der Waals surface area contributed by atoms with Gasteiger partial charge in [0.25, 0.3) is 0 Å². The summed E-state index contributed by atoms with van der Waals surface area (Å²) in [6.07, 6.45) is 4.13. The molecule has 2 aromatic carbocycles. The molecule has 2 amide bonds. The minimum atomic E-state index is -0.747. The Hall–Kier alpha value is -3.72. The minimum absolute atomic E-state index is 0.0560. The smallest absolute Gasteiger partial charge is 0.231 e. The Morgan fingerprint density at radius 3 is 2.72 bits per heavy atom. The van der Waals surface area contributed by atoms with Crippen LogP contribution in [-0.4, -0.2) is 62.5 Å². The topological polar surface area (TPSA) is 95.6 Å². The molecule has 0 aromatic heterocycles. The van der Waals surface area contributed by atoms with Gasteiger partial charge in [-0.3, -0.25) is 9.59 Å². The van der Waals surface area contributed by atoms with Crippen LogP contribution in [0.1, 0.15) is 11.1 Å². The Morgan fingerprint density at radius 2 is 1.89 bits per heavy atom. The highest BCUT2D eigenvalue weighted by Gasteiger charge is 2.66. The molecular weight excluding hydrogens is 464 g/mol. The van der Waals surface area contributed by atoms with Crippen molar-refractivity contribution < 1.29 is 33.3 Å². The van der Waals surface area contributed by atoms with Crippen LogP contribution in [0.5, 0.6) is 23.0 Å². The van der Waals surface area contributed by atoms with Crippen molar-refractivity contribution in [2.24, 2.45) is 11.8 Å². The summed E-state index contributed by atoms with van der Waals surface area (Å²) >= 11 is 0. The number of rotatable bonds is 8. The first-order valence-corrected chi connectivity index (χ1v) is 12.0. The molecular formula is C27H28N2O7. The monoisotopic (exact) mass is 492 g/mol. The predicted molar refractivity (Wildman–Crippen MR) is 128 cm³/mol. The number of nitrogens with one attached hydrogen (secondary N) is 1. The third kappa shape index (κ3) is 3.65. The number of nitrogens with zero attached hydrogens (tertiary/aromatic N) is 1. The number of methoxy groups -OCH3 is 2. The number of hydrogen-bond donors (Lipinski definition) is 1. The van der Waals surface area contributed by atoms with E-state index in [0.717, 1.165) is 11.1 Å². The van der Waals surface area contributed by atoms with E-state index in [4.69, 9.17) is 23.7 Å².